The molecule has 2 aliphatic rings. The number of anilines is 1. The molecule has 0 aliphatic carbocycles. The van der Waals surface area contributed by atoms with Gasteiger partial charge >= 0.3 is 0 Å². The SMILES string of the molecule is Cl.O=C(Nc1[nH]ncc1-c1ccc2c(c1)OCO2)C1CCNC1. The van der Waals surface area contributed by atoms with Crippen LogP contribution in [0.15, 0.2) is 24.4 Å². The van der Waals surface area contributed by atoms with Gasteiger partial charge in [-0.25, -0.2) is 0 Å². The van der Waals surface area contributed by atoms with Crippen molar-refractivity contribution in [3.63, 3.8) is 0 Å². The van der Waals surface area contributed by atoms with Crippen LogP contribution >= 0.6 is 12.4 Å². The van der Waals surface area contributed by atoms with E-state index in [1.807, 2.05) is 18.2 Å². The Morgan fingerprint density at radius 1 is 1.30 bits per heavy atom. The summed E-state index contributed by atoms with van der Waals surface area (Å²) < 4.78 is 10.7. The zero-order chi connectivity index (χ0) is 14.9. The van der Waals surface area contributed by atoms with Crippen molar-refractivity contribution in [3.05, 3.63) is 24.4 Å². The van der Waals surface area contributed by atoms with Crippen molar-refractivity contribution in [2.45, 2.75) is 6.42 Å². The van der Waals surface area contributed by atoms with E-state index < -0.39 is 0 Å². The Labute approximate surface area is 139 Å². The summed E-state index contributed by atoms with van der Waals surface area (Å²) in [4.78, 5) is 12.2. The maximum absolute atomic E-state index is 12.2. The number of hydrogen-bond acceptors (Lipinski definition) is 5. The predicted octanol–water partition coefficient (Wildman–Crippen LogP) is 1.78. The second kappa shape index (κ2) is 6.47. The number of nitrogens with one attached hydrogen (secondary N) is 3. The quantitative estimate of drug-likeness (QED) is 0.795. The Kier molecular flexibility index (Phi) is 4.40. The van der Waals surface area contributed by atoms with Gasteiger partial charge in [-0.3, -0.25) is 9.89 Å². The number of nitrogens with zero attached hydrogens (tertiary/aromatic N) is 1. The first-order valence-electron chi connectivity index (χ1n) is 7.26. The van der Waals surface area contributed by atoms with Crippen LogP contribution in [0, 0.1) is 5.92 Å². The second-order valence-electron chi connectivity index (χ2n) is 5.41. The van der Waals surface area contributed by atoms with Gasteiger partial charge in [0.25, 0.3) is 0 Å². The van der Waals surface area contributed by atoms with Crippen LogP contribution in [0.3, 0.4) is 0 Å². The Morgan fingerprint density at radius 3 is 3.00 bits per heavy atom. The summed E-state index contributed by atoms with van der Waals surface area (Å²) in [7, 11) is 0. The molecule has 1 unspecified atom stereocenters. The first kappa shape index (κ1) is 15.6. The number of hydrogen-bond donors (Lipinski definition) is 3. The minimum Gasteiger partial charge on any atom is -0.454 e. The number of amides is 1. The summed E-state index contributed by atoms with van der Waals surface area (Å²) in [6, 6.07) is 5.67. The van der Waals surface area contributed by atoms with E-state index in [0.717, 1.165) is 36.4 Å². The molecule has 3 heterocycles. The lowest BCUT2D eigenvalue weighted by atomic mass is 10.1. The molecule has 23 heavy (non-hydrogen) atoms. The average molecular weight is 337 g/mol. The number of halogens is 1. The van der Waals surface area contributed by atoms with Crippen LogP contribution in [0.2, 0.25) is 0 Å². The van der Waals surface area contributed by atoms with Gasteiger partial charge in [0.05, 0.1) is 12.1 Å². The molecule has 1 aromatic carbocycles. The Balaban J connectivity index is 0.00000156. The number of carbonyl (C=O) groups excluding carboxylic acids is 1. The predicted molar refractivity (Wildman–Crippen MR) is 87.0 cm³/mol. The van der Waals surface area contributed by atoms with Gasteiger partial charge in [0.15, 0.2) is 11.5 Å². The largest absolute Gasteiger partial charge is 0.454 e. The smallest absolute Gasteiger partial charge is 0.231 e. The summed E-state index contributed by atoms with van der Waals surface area (Å²) in [6.45, 7) is 1.85. The van der Waals surface area contributed by atoms with Crippen molar-refractivity contribution in [1.82, 2.24) is 15.5 Å². The number of benzene rings is 1. The van der Waals surface area contributed by atoms with Crippen LogP contribution in [0.1, 0.15) is 6.42 Å². The molecule has 2 aromatic rings. The zero-order valence-electron chi connectivity index (χ0n) is 12.3. The van der Waals surface area contributed by atoms with Crippen molar-refractivity contribution >= 4 is 24.1 Å². The highest BCUT2D eigenvalue weighted by molar-refractivity contribution is 5.95. The first-order chi connectivity index (χ1) is 10.8. The third-order valence-electron chi connectivity index (χ3n) is 4.00. The monoisotopic (exact) mass is 336 g/mol. The molecule has 8 heteroatoms. The van der Waals surface area contributed by atoms with Crippen LogP contribution in [-0.4, -0.2) is 36.0 Å². The number of aromatic nitrogens is 2. The highest BCUT2D eigenvalue weighted by Crippen LogP contribution is 2.37. The van der Waals surface area contributed by atoms with E-state index in [1.54, 1.807) is 6.20 Å². The second-order valence-corrected chi connectivity index (χ2v) is 5.41. The minimum absolute atomic E-state index is 0. The van der Waals surface area contributed by atoms with E-state index in [-0.39, 0.29) is 31.0 Å². The molecule has 0 saturated carbocycles. The first-order valence-corrected chi connectivity index (χ1v) is 7.26. The van der Waals surface area contributed by atoms with Crippen molar-refractivity contribution < 1.29 is 14.3 Å². The molecule has 1 saturated heterocycles. The molecule has 4 rings (SSSR count). The molecule has 122 valence electrons. The molecule has 0 bridgehead atoms. The highest BCUT2D eigenvalue weighted by atomic mass is 35.5. The molecule has 2 aliphatic heterocycles. The van der Waals surface area contributed by atoms with Gasteiger partial charge in [-0.1, -0.05) is 6.07 Å². The number of fused-ring (bicyclic) bond motifs is 1. The van der Waals surface area contributed by atoms with Crippen LogP contribution in [0.25, 0.3) is 11.1 Å². The molecule has 1 fully saturated rings. The van der Waals surface area contributed by atoms with Crippen LogP contribution in [-0.2, 0) is 4.79 Å². The lowest BCUT2D eigenvalue weighted by molar-refractivity contribution is -0.119. The number of ether oxygens (including phenoxy) is 2. The molecular weight excluding hydrogens is 320 g/mol. The van der Waals surface area contributed by atoms with Gasteiger partial charge in [0, 0.05) is 12.1 Å². The number of aromatic amines is 1. The molecule has 7 nitrogen and oxygen atoms in total. The summed E-state index contributed by atoms with van der Waals surface area (Å²) in [5.41, 5.74) is 1.75. The van der Waals surface area contributed by atoms with E-state index in [1.165, 1.54) is 0 Å². The summed E-state index contributed by atoms with van der Waals surface area (Å²) in [5.74, 6) is 2.06. The molecule has 1 atom stereocenters. The van der Waals surface area contributed by atoms with Crippen LogP contribution in [0.5, 0.6) is 11.5 Å². The summed E-state index contributed by atoms with van der Waals surface area (Å²) in [5, 5.41) is 13.0. The van der Waals surface area contributed by atoms with Crippen LogP contribution < -0.4 is 20.1 Å². The van der Waals surface area contributed by atoms with E-state index in [4.69, 9.17) is 9.47 Å². The fourth-order valence-corrected chi connectivity index (χ4v) is 2.77. The molecule has 1 amide bonds. The van der Waals surface area contributed by atoms with Gasteiger partial charge < -0.3 is 20.1 Å². The number of carbonyl (C=O) groups is 1. The van der Waals surface area contributed by atoms with E-state index in [9.17, 15) is 4.79 Å². The Hall–Kier alpha value is -2.25. The topological polar surface area (TPSA) is 88.3 Å². The van der Waals surface area contributed by atoms with Gasteiger partial charge in [0.1, 0.15) is 5.82 Å². The van der Waals surface area contributed by atoms with E-state index >= 15 is 0 Å². The van der Waals surface area contributed by atoms with Gasteiger partial charge in [0.2, 0.25) is 12.7 Å². The lowest BCUT2D eigenvalue weighted by Crippen LogP contribution is -2.25. The molecule has 0 spiro atoms. The van der Waals surface area contributed by atoms with E-state index in [2.05, 4.69) is 20.8 Å². The summed E-state index contributed by atoms with van der Waals surface area (Å²) >= 11 is 0. The standard InChI is InChI=1S/C15H16N4O3.ClH/c20-15(10-3-4-16-6-10)18-14-11(7-17-19-14)9-1-2-12-13(5-9)22-8-21-12;/h1-2,5,7,10,16H,3-4,6,8H2,(H2,17,18,19,20);1H. The van der Waals surface area contributed by atoms with Crippen molar-refractivity contribution in [3.8, 4) is 22.6 Å². The van der Waals surface area contributed by atoms with Crippen LogP contribution in [0.4, 0.5) is 5.82 Å². The summed E-state index contributed by atoms with van der Waals surface area (Å²) in [6.07, 6.45) is 2.55. The molecule has 1 aromatic heterocycles. The average Bonchev–Trinajstić information content (AvgIpc) is 3.27. The highest BCUT2D eigenvalue weighted by Gasteiger charge is 2.24. The van der Waals surface area contributed by atoms with E-state index in [0.29, 0.717) is 11.6 Å². The number of rotatable bonds is 3. The Bertz CT molecular complexity index is 712. The Morgan fingerprint density at radius 2 is 2.17 bits per heavy atom. The fourth-order valence-electron chi connectivity index (χ4n) is 2.77. The maximum atomic E-state index is 12.2. The van der Waals surface area contributed by atoms with Gasteiger partial charge in [-0.05, 0) is 30.7 Å². The van der Waals surface area contributed by atoms with Crippen molar-refractivity contribution in [1.29, 1.82) is 0 Å². The van der Waals surface area contributed by atoms with Crippen molar-refractivity contribution in [2.75, 3.05) is 25.2 Å². The fraction of sp³-hybridized carbons (Fsp3) is 0.333. The third-order valence-corrected chi connectivity index (χ3v) is 4.00. The van der Waals surface area contributed by atoms with Gasteiger partial charge in [-0.2, -0.15) is 5.10 Å². The third kappa shape index (κ3) is 2.97. The normalized spacial score (nSPS) is 18.5. The molecule has 0 radical (unpaired) electrons. The van der Waals surface area contributed by atoms with Crippen molar-refractivity contribution in [2.24, 2.45) is 5.92 Å². The van der Waals surface area contributed by atoms with Gasteiger partial charge in [-0.15, -0.1) is 12.4 Å². The lowest BCUT2D eigenvalue weighted by Gasteiger charge is -2.10. The molecular formula is C15H17ClN4O3. The maximum Gasteiger partial charge on any atom is 0.231 e. The zero-order valence-corrected chi connectivity index (χ0v) is 13.1. The molecule has 3 N–H and O–H groups in total. The minimum atomic E-state index is 0. The number of H-pyrrole nitrogens is 1.